The number of nitrogens with zero attached hydrogens (tertiary/aromatic N) is 3. The first kappa shape index (κ1) is 15.4. The minimum Gasteiger partial charge on any atom is -0.390 e. The van der Waals surface area contributed by atoms with Crippen molar-refractivity contribution in [3.63, 3.8) is 0 Å². The van der Waals surface area contributed by atoms with E-state index in [1.165, 1.54) is 0 Å². The van der Waals surface area contributed by atoms with Crippen LogP contribution in [-0.2, 0) is 19.3 Å². The largest absolute Gasteiger partial charge is 0.390 e. The molecule has 0 amide bonds. The van der Waals surface area contributed by atoms with Crippen LogP contribution >= 0.6 is 0 Å². The minimum absolute atomic E-state index is 0.259. The topological polar surface area (TPSA) is 81.8 Å². The lowest BCUT2D eigenvalue weighted by atomic mass is 10.0. The number of nitrogens with one attached hydrogen (secondary N) is 1. The summed E-state index contributed by atoms with van der Waals surface area (Å²) in [5.74, 6) is 0.460. The van der Waals surface area contributed by atoms with Crippen LogP contribution in [0.2, 0.25) is 0 Å². The van der Waals surface area contributed by atoms with Crippen molar-refractivity contribution < 1.29 is 5.11 Å². The Bertz CT molecular complexity index is 766. The van der Waals surface area contributed by atoms with Gasteiger partial charge in [0.2, 0.25) is 0 Å². The molecule has 1 aromatic heterocycles. The predicted molar refractivity (Wildman–Crippen MR) is 88.0 cm³/mol. The smallest absolute Gasteiger partial charge is 0.167 e. The van der Waals surface area contributed by atoms with Crippen LogP contribution in [0.15, 0.2) is 24.3 Å². The lowest BCUT2D eigenvalue weighted by Crippen LogP contribution is -2.23. The van der Waals surface area contributed by atoms with Crippen LogP contribution in [0.1, 0.15) is 47.8 Å². The van der Waals surface area contributed by atoms with Crippen molar-refractivity contribution in [1.82, 2.24) is 10.2 Å². The first-order chi connectivity index (χ1) is 11.2. The Hall–Kier alpha value is -2.45. The molecule has 0 unspecified atom stereocenters. The van der Waals surface area contributed by atoms with Crippen LogP contribution in [0.5, 0.6) is 0 Å². The maximum Gasteiger partial charge on any atom is 0.167 e. The summed E-state index contributed by atoms with van der Waals surface area (Å²) in [5, 5.41) is 31.6. The monoisotopic (exact) mass is 308 g/mol. The first-order valence-electron chi connectivity index (χ1n) is 8.00. The number of aliphatic hydroxyl groups excluding tert-OH is 1. The summed E-state index contributed by atoms with van der Waals surface area (Å²) in [6.07, 6.45) is 1.56. The van der Waals surface area contributed by atoms with Gasteiger partial charge in [-0.2, -0.15) is 10.4 Å². The van der Waals surface area contributed by atoms with Gasteiger partial charge in [-0.3, -0.25) is 0 Å². The second-order valence-electron chi connectivity index (χ2n) is 5.76. The average Bonchev–Trinajstić information content (AvgIpc) is 2.90. The van der Waals surface area contributed by atoms with Gasteiger partial charge in [0.1, 0.15) is 11.6 Å². The van der Waals surface area contributed by atoms with Gasteiger partial charge in [-0.1, -0.05) is 38.1 Å². The Balaban J connectivity index is 2.00. The SMILES string of the molecule is CCc1nnc(N[C@H]2c3ccccc3C[C@H]2O)c(C#N)c1CC. The Morgan fingerprint density at radius 1 is 1.26 bits per heavy atom. The Kier molecular flexibility index (Phi) is 4.26. The molecule has 0 bridgehead atoms. The van der Waals surface area contributed by atoms with Crippen LogP contribution < -0.4 is 5.32 Å². The summed E-state index contributed by atoms with van der Waals surface area (Å²) < 4.78 is 0. The fourth-order valence-corrected chi connectivity index (χ4v) is 3.29. The summed E-state index contributed by atoms with van der Waals surface area (Å²) in [7, 11) is 0. The van der Waals surface area contributed by atoms with Gasteiger partial charge >= 0.3 is 0 Å². The lowest BCUT2D eigenvalue weighted by molar-refractivity contribution is 0.165. The Labute approximate surface area is 136 Å². The van der Waals surface area contributed by atoms with E-state index in [4.69, 9.17) is 0 Å². The molecule has 0 fully saturated rings. The number of aromatic nitrogens is 2. The number of rotatable bonds is 4. The van der Waals surface area contributed by atoms with Gasteiger partial charge in [-0.25, -0.2) is 0 Å². The fraction of sp³-hybridized carbons (Fsp3) is 0.389. The number of benzene rings is 1. The van der Waals surface area contributed by atoms with Gasteiger partial charge in [0.05, 0.1) is 17.8 Å². The molecular weight excluding hydrogens is 288 g/mol. The maximum absolute atomic E-state index is 10.4. The van der Waals surface area contributed by atoms with E-state index in [0.29, 0.717) is 17.8 Å². The van der Waals surface area contributed by atoms with E-state index in [0.717, 1.165) is 35.2 Å². The summed E-state index contributed by atoms with van der Waals surface area (Å²) in [4.78, 5) is 0. The molecule has 0 spiro atoms. The van der Waals surface area contributed by atoms with Crippen molar-refractivity contribution in [3.05, 3.63) is 52.2 Å². The highest BCUT2D eigenvalue weighted by atomic mass is 16.3. The van der Waals surface area contributed by atoms with Crippen LogP contribution in [0.4, 0.5) is 5.82 Å². The van der Waals surface area contributed by atoms with Crippen molar-refractivity contribution >= 4 is 5.82 Å². The van der Waals surface area contributed by atoms with Crippen molar-refractivity contribution in [2.24, 2.45) is 0 Å². The third-order valence-electron chi connectivity index (χ3n) is 4.45. The minimum atomic E-state index is -0.531. The molecule has 2 atom stereocenters. The summed E-state index contributed by atoms with van der Waals surface area (Å²) in [5.41, 5.74) is 4.53. The molecule has 23 heavy (non-hydrogen) atoms. The number of aliphatic hydroxyl groups is 1. The standard InChI is InChI=1S/C18H20N4O/c1-3-12-14(10-19)18(22-21-15(12)4-2)20-17-13-8-6-5-7-11(13)9-16(17)23/h5-8,16-17,23H,3-4,9H2,1-2H3,(H,20,22)/t16-,17+/m1/s1. The van der Waals surface area contributed by atoms with E-state index in [9.17, 15) is 10.4 Å². The summed E-state index contributed by atoms with van der Waals surface area (Å²) in [6, 6.07) is 9.95. The first-order valence-corrected chi connectivity index (χ1v) is 8.00. The van der Waals surface area contributed by atoms with Crippen molar-refractivity contribution in [2.75, 3.05) is 5.32 Å². The summed E-state index contributed by atoms with van der Waals surface area (Å²) in [6.45, 7) is 4.02. The highest BCUT2D eigenvalue weighted by Crippen LogP contribution is 2.34. The number of hydrogen-bond donors (Lipinski definition) is 2. The molecule has 0 radical (unpaired) electrons. The van der Waals surface area contributed by atoms with Gasteiger partial charge in [0, 0.05) is 6.42 Å². The van der Waals surface area contributed by atoms with E-state index in [1.54, 1.807) is 0 Å². The van der Waals surface area contributed by atoms with Gasteiger partial charge in [0.25, 0.3) is 0 Å². The quantitative estimate of drug-likeness (QED) is 0.907. The second kappa shape index (κ2) is 6.35. The molecule has 5 heteroatoms. The van der Waals surface area contributed by atoms with Gasteiger partial charge in [-0.05, 0) is 29.5 Å². The zero-order valence-corrected chi connectivity index (χ0v) is 13.4. The molecule has 0 saturated heterocycles. The van der Waals surface area contributed by atoms with E-state index in [1.807, 2.05) is 38.1 Å². The van der Waals surface area contributed by atoms with Crippen LogP contribution in [0.3, 0.4) is 0 Å². The normalized spacial score (nSPS) is 19.2. The Morgan fingerprint density at radius 3 is 2.74 bits per heavy atom. The Morgan fingerprint density at radius 2 is 2.04 bits per heavy atom. The van der Waals surface area contributed by atoms with Gasteiger partial charge < -0.3 is 10.4 Å². The molecule has 1 heterocycles. The van der Waals surface area contributed by atoms with E-state index in [2.05, 4.69) is 21.6 Å². The molecule has 1 aliphatic rings. The van der Waals surface area contributed by atoms with E-state index < -0.39 is 6.10 Å². The van der Waals surface area contributed by atoms with Crippen LogP contribution in [0, 0.1) is 11.3 Å². The van der Waals surface area contributed by atoms with Crippen LogP contribution in [-0.4, -0.2) is 21.4 Å². The van der Waals surface area contributed by atoms with Gasteiger partial charge in [0.15, 0.2) is 5.82 Å². The highest BCUT2D eigenvalue weighted by molar-refractivity contribution is 5.58. The molecule has 0 aliphatic heterocycles. The third kappa shape index (κ3) is 2.66. The number of hydrogen-bond acceptors (Lipinski definition) is 5. The van der Waals surface area contributed by atoms with Crippen molar-refractivity contribution in [1.29, 1.82) is 5.26 Å². The molecule has 1 aromatic carbocycles. The molecule has 2 aromatic rings. The molecular formula is C18H20N4O. The number of anilines is 1. The highest BCUT2D eigenvalue weighted by Gasteiger charge is 2.32. The average molecular weight is 308 g/mol. The number of fused-ring (bicyclic) bond motifs is 1. The van der Waals surface area contributed by atoms with Crippen molar-refractivity contribution in [3.8, 4) is 6.07 Å². The lowest BCUT2D eigenvalue weighted by Gasteiger charge is -2.20. The third-order valence-corrected chi connectivity index (χ3v) is 4.45. The van der Waals surface area contributed by atoms with E-state index in [-0.39, 0.29) is 6.04 Å². The number of nitriles is 1. The van der Waals surface area contributed by atoms with Crippen molar-refractivity contribution in [2.45, 2.75) is 45.3 Å². The zero-order valence-electron chi connectivity index (χ0n) is 13.4. The zero-order chi connectivity index (χ0) is 16.4. The second-order valence-corrected chi connectivity index (χ2v) is 5.76. The summed E-state index contributed by atoms with van der Waals surface area (Å²) >= 11 is 0. The van der Waals surface area contributed by atoms with E-state index >= 15 is 0 Å². The van der Waals surface area contributed by atoms with Gasteiger partial charge in [-0.15, -0.1) is 5.10 Å². The number of aryl methyl sites for hydroxylation is 1. The molecule has 5 nitrogen and oxygen atoms in total. The molecule has 1 aliphatic carbocycles. The van der Waals surface area contributed by atoms with Crippen LogP contribution in [0.25, 0.3) is 0 Å². The molecule has 3 rings (SSSR count). The molecule has 2 N–H and O–H groups in total. The molecule has 0 saturated carbocycles. The fourth-order valence-electron chi connectivity index (χ4n) is 3.29. The molecule has 118 valence electrons. The maximum atomic E-state index is 10.4. The predicted octanol–water partition coefficient (Wildman–Crippen LogP) is 2.54.